The average molecular weight is 314 g/mol. The van der Waals surface area contributed by atoms with E-state index in [4.69, 9.17) is 5.11 Å². The van der Waals surface area contributed by atoms with Crippen molar-refractivity contribution < 1.29 is 9.90 Å². The standard InChI is InChI=1S/C14H27NO2.2ClH/c1-2-3-8-13(14(16)17)9-7-12-15-10-5-4-6-11-15;;/h13H,2-12H2,1H3,(H,16,17);2*1H. The van der Waals surface area contributed by atoms with E-state index >= 15 is 0 Å². The second kappa shape index (κ2) is 13.0. The Bertz CT molecular complexity index is 221. The van der Waals surface area contributed by atoms with Crippen LogP contribution in [0.25, 0.3) is 0 Å². The van der Waals surface area contributed by atoms with E-state index in [1.165, 1.54) is 32.4 Å². The summed E-state index contributed by atoms with van der Waals surface area (Å²) in [7, 11) is 0. The normalized spacial score (nSPS) is 17.1. The molecule has 1 aliphatic rings. The number of halogens is 2. The molecule has 1 N–H and O–H groups in total. The van der Waals surface area contributed by atoms with Gasteiger partial charge >= 0.3 is 5.97 Å². The van der Waals surface area contributed by atoms with Crippen LogP contribution in [0, 0.1) is 5.92 Å². The molecular formula is C14H29Cl2NO2. The molecule has 1 rings (SSSR count). The molecule has 5 heteroatoms. The zero-order valence-electron chi connectivity index (χ0n) is 12.0. The van der Waals surface area contributed by atoms with E-state index in [1.54, 1.807) is 0 Å². The first kappa shape index (κ1) is 21.3. The van der Waals surface area contributed by atoms with Crippen molar-refractivity contribution in [3.63, 3.8) is 0 Å². The molecule has 1 unspecified atom stereocenters. The van der Waals surface area contributed by atoms with E-state index in [9.17, 15) is 4.79 Å². The Kier molecular flexibility index (Phi) is 14.6. The van der Waals surface area contributed by atoms with Crippen molar-refractivity contribution in [3.05, 3.63) is 0 Å². The van der Waals surface area contributed by atoms with E-state index in [1.807, 2.05) is 0 Å². The van der Waals surface area contributed by atoms with Gasteiger partial charge in [0.05, 0.1) is 5.92 Å². The van der Waals surface area contributed by atoms with E-state index < -0.39 is 5.97 Å². The molecule has 1 fully saturated rings. The number of carboxylic acids is 1. The van der Waals surface area contributed by atoms with Gasteiger partial charge in [0, 0.05) is 0 Å². The van der Waals surface area contributed by atoms with Gasteiger partial charge in [-0.25, -0.2) is 0 Å². The fraction of sp³-hybridized carbons (Fsp3) is 0.929. The molecule has 0 bridgehead atoms. The van der Waals surface area contributed by atoms with Gasteiger partial charge in [0.1, 0.15) is 0 Å². The molecule has 0 aromatic heterocycles. The van der Waals surface area contributed by atoms with Crippen LogP contribution in [0.5, 0.6) is 0 Å². The van der Waals surface area contributed by atoms with Crippen LogP contribution in [0.3, 0.4) is 0 Å². The Morgan fingerprint density at radius 3 is 2.21 bits per heavy atom. The topological polar surface area (TPSA) is 40.5 Å². The summed E-state index contributed by atoms with van der Waals surface area (Å²) in [6, 6.07) is 0. The molecule has 19 heavy (non-hydrogen) atoms. The Hall–Kier alpha value is 0.01000. The number of piperidine rings is 1. The third kappa shape index (κ3) is 9.53. The Labute approximate surface area is 129 Å². The molecule has 0 aliphatic carbocycles. The van der Waals surface area contributed by atoms with Gasteiger partial charge < -0.3 is 10.0 Å². The number of carbonyl (C=O) groups is 1. The van der Waals surface area contributed by atoms with E-state index in [-0.39, 0.29) is 30.7 Å². The van der Waals surface area contributed by atoms with Crippen LogP contribution in [0.2, 0.25) is 0 Å². The summed E-state index contributed by atoms with van der Waals surface area (Å²) in [6.45, 7) is 5.64. The lowest BCUT2D eigenvalue weighted by Crippen LogP contribution is -2.31. The molecule has 1 atom stereocenters. The van der Waals surface area contributed by atoms with Gasteiger partial charge in [-0.05, 0) is 51.7 Å². The molecule has 0 aromatic carbocycles. The molecule has 0 spiro atoms. The minimum atomic E-state index is -0.600. The van der Waals surface area contributed by atoms with Crippen molar-refractivity contribution in [3.8, 4) is 0 Å². The Morgan fingerprint density at radius 2 is 1.68 bits per heavy atom. The quantitative estimate of drug-likeness (QED) is 0.736. The number of carboxylic acid groups (broad SMARTS) is 1. The highest BCUT2D eigenvalue weighted by Gasteiger charge is 2.17. The highest BCUT2D eigenvalue weighted by molar-refractivity contribution is 5.85. The van der Waals surface area contributed by atoms with Crippen LogP contribution >= 0.6 is 24.8 Å². The number of unbranched alkanes of at least 4 members (excludes halogenated alkanes) is 1. The molecule has 1 aliphatic heterocycles. The van der Waals surface area contributed by atoms with E-state index in [2.05, 4.69) is 11.8 Å². The van der Waals surface area contributed by atoms with Gasteiger partial charge in [0.2, 0.25) is 0 Å². The molecule has 0 saturated carbocycles. The highest BCUT2D eigenvalue weighted by Crippen LogP contribution is 2.17. The predicted octanol–water partition coefficient (Wildman–Crippen LogP) is 3.99. The van der Waals surface area contributed by atoms with Gasteiger partial charge in [-0.3, -0.25) is 4.79 Å². The second-order valence-corrected chi connectivity index (χ2v) is 5.22. The first-order valence-electron chi connectivity index (χ1n) is 7.19. The number of aliphatic carboxylic acids is 1. The van der Waals surface area contributed by atoms with Crippen LogP contribution in [0.15, 0.2) is 0 Å². The first-order valence-corrected chi connectivity index (χ1v) is 7.19. The maximum Gasteiger partial charge on any atom is 0.306 e. The minimum absolute atomic E-state index is 0. The maximum absolute atomic E-state index is 11.1. The highest BCUT2D eigenvalue weighted by atomic mass is 35.5. The summed E-state index contributed by atoms with van der Waals surface area (Å²) in [5.41, 5.74) is 0. The zero-order valence-corrected chi connectivity index (χ0v) is 13.6. The average Bonchev–Trinajstić information content (AvgIpc) is 2.34. The van der Waals surface area contributed by atoms with E-state index in [0.717, 1.165) is 38.6 Å². The molecule has 116 valence electrons. The lowest BCUT2D eigenvalue weighted by molar-refractivity contribution is -0.142. The lowest BCUT2D eigenvalue weighted by atomic mass is 9.96. The summed E-state index contributed by atoms with van der Waals surface area (Å²) in [5.74, 6) is -0.711. The second-order valence-electron chi connectivity index (χ2n) is 5.22. The molecule has 1 saturated heterocycles. The fourth-order valence-electron chi connectivity index (χ4n) is 2.59. The summed E-state index contributed by atoms with van der Waals surface area (Å²) in [6.07, 6.45) is 8.88. The van der Waals surface area contributed by atoms with Crippen LogP contribution in [-0.4, -0.2) is 35.6 Å². The summed E-state index contributed by atoms with van der Waals surface area (Å²) in [5, 5.41) is 9.12. The monoisotopic (exact) mass is 313 g/mol. The SMILES string of the molecule is CCCCC(CCCN1CCCCC1)C(=O)O.Cl.Cl. The first-order chi connectivity index (χ1) is 8.24. The smallest absolute Gasteiger partial charge is 0.306 e. The summed E-state index contributed by atoms with van der Waals surface area (Å²) in [4.78, 5) is 13.6. The van der Waals surface area contributed by atoms with Crippen LogP contribution in [-0.2, 0) is 4.79 Å². The summed E-state index contributed by atoms with van der Waals surface area (Å²) >= 11 is 0. The van der Waals surface area contributed by atoms with Crippen LogP contribution < -0.4 is 0 Å². The van der Waals surface area contributed by atoms with Gasteiger partial charge in [-0.1, -0.05) is 26.2 Å². The van der Waals surface area contributed by atoms with Crippen molar-refractivity contribution in [2.75, 3.05) is 19.6 Å². The van der Waals surface area contributed by atoms with Crippen LogP contribution in [0.4, 0.5) is 0 Å². The number of hydrogen-bond donors (Lipinski definition) is 1. The molecule has 0 aromatic rings. The maximum atomic E-state index is 11.1. The van der Waals surface area contributed by atoms with E-state index in [0.29, 0.717) is 0 Å². The minimum Gasteiger partial charge on any atom is -0.481 e. The lowest BCUT2D eigenvalue weighted by Gasteiger charge is -2.26. The van der Waals surface area contributed by atoms with Gasteiger partial charge in [0.15, 0.2) is 0 Å². The van der Waals surface area contributed by atoms with Crippen LogP contribution in [0.1, 0.15) is 58.3 Å². The Balaban J connectivity index is 0. The van der Waals surface area contributed by atoms with Gasteiger partial charge in [0.25, 0.3) is 0 Å². The van der Waals surface area contributed by atoms with Gasteiger partial charge in [-0.15, -0.1) is 24.8 Å². The molecule has 3 nitrogen and oxygen atoms in total. The Morgan fingerprint density at radius 1 is 1.11 bits per heavy atom. The number of hydrogen-bond acceptors (Lipinski definition) is 2. The number of nitrogens with zero attached hydrogens (tertiary/aromatic N) is 1. The third-order valence-corrected chi connectivity index (χ3v) is 3.73. The number of rotatable bonds is 8. The van der Waals surface area contributed by atoms with Crippen molar-refractivity contribution in [1.29, 1.82) is 0 Å². The predicted molar refractivity (Wildman–Crippen MR) is 84.7 cm³/mol. The van der Waals surface area contributed by atoms with Crippen molar-refractivity contribution >= 4 is 30.8 Å². The summed E-state index contributed by atoms with van der Waals surface area (Å²) < 4.78 is 0. The van der Waals surface area contributed by atoms with Crippen molar-refractivity contribution in [1.82, 2.24) is 4.90 Å². The third-order valence-electron chi connectivity index (χ3n) is 3.73. The fourth-order valence-corrected chi connectivity index (χ4v) is 2.59. The molecular weight excluding hydrogens is 285 g/mol. The van der Waals surface area contributed by atoms with Crippen molar-refractivity contribution in [2.24, 2.45) is 5.92 Å². The molecule has 1 heterocycles. The van der Waals surface area contributed by atoms with Crippen molar-refractivity contribution in [2.45, 2.75) is 58.3 Å². The molecule has 0 radical (unpaired) electrons. The van der Waals surface area contributed by atoms with Gasteiger partial charge in [-0.2, -0.15) is 0 Å². The molecule has 0 amide bonds. The zero-order chi connectivity index (χ0) is 12.5. The largest absolute Gasteiger partial charge is 0.481 e. The number of likely N-dealkylation sites (tertiary alicyclic amines) is 1.